The largest absolute Gasteiger partial charge is 0.395 e. The van der Waals surface area contributed by atoms with Crippen LogP contribution < -0.4 is 10.6 Å². The van der Waals surface area contributed by atoms with E-state index in [2.05, 4.69) is 64.3 Å². The van der Waals surface area contributed by atoms with Crippen molar-refractivity contribution >= 4 is 30.4 Å². The average Bonchev–Trinajstić information content (AvgIpc) is 3.98. The topological polar surface area (TPSA) is 158 Å². The molecular formula is C44H79N5O8. The molecule has 1 saturated carbocycles. The van der Waals surface area contributed by atoms with Crippen LogP contribution in [0.1, 0.15) is 105 Å². The number of hydrogen-bond acceptors (Lipinski definition) is 9. The first kappa shape index (κ1) is 53.6. The number of fused-ring (bicyclic) bond motifs is 2. The van der Waals surface area contributed by atoms with E-state index in [0.717, 1.165) is 64.2 Å². The first-order chi connectivity index (χ1) is 27.2. The van der Waals surface area contributed by atoms with E-state index >= 15 is 0 Å². The van der Waals surface area contributed by atoms with Gasteiger partial charge in [-0.3, -0.25) is 19.2 Å². The number of ether oxygens (including phenoxy) is 2. The molecule has 1 aromatic carbocycles. The zero-order chi connectivity index (χ0) is 43.5. The third-order valence-electron chi connectivity index (χ3n) is 10.9. The second-order valence-corrected chi connectivity index (χ2v) is 15.3. The van der Waals surface area contributed by atoms with Crippen LogP contribution in [-0.2, 0) is 33.4 Å². The van der Waals surface area contributed by atoms with Gasteiger partial charge in [0.2, 0.25) is 24.1 Å². The summed E-state index contributed by atoms with van der Waals surface area (Å²) in [5.74, 6) is -0.0559. The van der Waals surface area contributed by atoms with Gasteiger partial charge < -0.3 is 44.7 Å². The van der Waals surface area contributed by atoms with Crippen molar-refractivity contribution in [2.24, 2.45) is 17.8 Å². The lowest BCUT2D eigenvalue weighted by atomic mass is 9.91. The lowest BCUT2D eigenvalue weighted by Gasteiger charge is -2.38. The first-order valence-corrected chi connectivity index (χ1v) is 21.0. The summed E-state index contributed by atoms with van der Waals surface area (Å²) in [7, 11) is 6.85. The number of carbonyl (C=O) groups excluding carboxylic acids is 5. The van der Waals surface area contributed by atoms with Crippen molar-refractivity contribution in [1.29, 1.82) is 0 Å². The number of likely N-dealkylation sites (tertiary alicyclic amines) is 2. The summed E-state index contributed by atoms with van der Waals surface area (Å²) < 4.78 is 10.9. The Bertz CT molecular complexity index is 1250. The summed E-state index contributed by atoms with van der Waals surface area (Å²) in [6.45, 7) is 17.6. The maximum Gasteiger partial charge on any atom is 0.243 e. The van der Waals surface area contributed by atoms with E-state index in [1.807, 2.05) is 25.1 Å². The van der Waals surface area contributed by atoms with Crippen LogP contribution in [0.15, 0.2) is 30.3 Å². The van der Waals surface area contributed by atoms with Crippen molar-refractivity contribution in [3.8, 4) is 0 Å². The maximum absolute atomic E-state index is 12.8. The van der Waals surface area contributed by atoms with E-state index < -0.39 is 6.04 Å². The van der Waals surface area contributed by atoms with Crippen molar-refractivity contribution in [2.45, 2.75) is 143 Å². The highest BCUT2D eigenvalue weighted by Crippen LogP contribution is 2.42. The molecule has 0 spiro atoms. The summed E-state index contributed by atoms with van der Waals surface area (Å²) >= 11 is 0. The normalized spacial score (nSPS) is 21.6. The summed E-state index contributed by atoms with van der Waals surface area (Å²) in [5, 5.41) is 13.6. The Morgan fingerprint density at radius 1 is 1.00 bits per heavy atom. The molecule has 2 heterocycles. The minimum Gasteiger partial charge on any atom is -0.395 e. The summed E-state index contributed by atoms with van der Waals surface area (Å²) in [5.41, 5.74) is 1.32. The van der Waals surface area contributed by atoms with Crippen LogP contribution in [0.3, 0.4) is 0 Å². The summed E-state index contributed by atoms with van der Waals surface area (Å²) in [6.07, 6.45) is 9.29. The number of methoxy groups -OCH3 is 2. The van der Waals surface area contributed by atoms with Gasteiger partial charge in [0.15, 0.2) is 0 Å². The monoisotopic (exact) mass is 806 g/mol. The van der Waals surface area contributed by atoms with Gasteiger partial charge in [-0.15, -0.1) is 0 Å². The van der Waals surface area contributed by atoms with Crippen LogP contribution in [0.2, 0.25) is 0 Å². The second-order valence-electron chi connectivity index (χ2n) is 15.3. The van der Waals surface area contributed by atoms with Gasteiger partial charge in [-0.2, -0.15) is 0 Å². The number of amides is 4. The molecule has 13 nitrogen and oxygen atoms in total. The fourth-order valence-corrected chi connectivity index (χ4v) is 7.87. The summed E-state index contributed by atoms with van der Waals surface area (Å²) in [4.78, 5) is 64.2. The van der Waals surface area contributed by atoms with E-state index in [0.29, 0.717) is 6.54 Å². The van der Waals surface area contributed by atoms with Crippen LogP contribution in [0.25, 0.3) is 0 Å². The predicted molar refractivity (Wildman–Crippen MR) is 228 cm³/mol. The first-order valence-electron chi connectivity index (χ1n) is 21.0. The molecule has 328 valence electrons. The number of rotatable bonds is 16. The molecule has 57 heavy (non-hydrogen) atoms. The molecule has 0 aromatic heterocycles. The van der Waals surface area contributed by atoms with Gasteiger partial charge >= 0.3 is 0 Å². The lowest BCUT2D eigenvalue weighted by molar-refractivity contribution is -0.142. The minimum atomic E-state index is -0.429. The van der Waals surface area contributed by atoms with E-state index in [1.165, 1.54) is 18.9 Å². The van der Waals surface area contributed by atoms with Crippen LogP contribution in [0, 0.1) is 24.7 Å². The van der Waals surface area contributed by atoms with Gasteiger partial charge in [-0.1, -0.05) is 90.3 Å². The van der Waals surface area contributed by atoms with Crippen molar-refractivity contribution < 1.29 is 38.6 Å². The van der Waals surface area contributed by atoms with E-state index in [1.54, 1.807) is 43.0 Å². The quantitative estimate of drug-likeness (QED) is 0.199. The number of benzene rings is 1. The SMILES string of the molecule is CCC.CCC(C)C(C(CC)OC)N(C)C(=O)CNC(=O)C1C2CCC(C2)N1C(C)=O.CNCCO.COC(C(C)C=O)C1CCCN1C=O.Cc1ccccc1. The number of aliphatic hydroxyl groups excluding tert-OH is 1. The highest BCUT2D eigenvalue weighted by molar-refractivity contribution is 5.91. The third-order valence-corrected chi connectivity index (χ3v) is 10.9. The van der Waals surface area contributed by atoms with Crippen molar-refractivity contribution in [1.82, 2.24) is 25.3 Å². The molecule has 13 heteroatoms. The Morgan fingerprint density at radius 2 is 1.63 bits per heavy atom. The van der Waals surface area contributed by atoms with E-state index in [9.17, 15) is 24.0 Å². The van der Waals surface area contributed by atoms with E-state index in [-0.39, 0.29) is 79.0 Å². The summed E-state index contributed by atoms with van der Waals surface area (Å²) in [6, 6.07) is 10.0. The van der Waals surface area contributed by atoms with Crippen molar-refractivity contribution in [2.75, 3.05) is 54.6 Å². The van der Waals surface area contributed by atoms with Gasteiger partial charge in [0.05, 0.1) is 37.4 Å². The molecule has 4 amide bonds. The zero-order valence-electron chi connectivity index (χ0n) is 37.4. The van der Waals surface area contributed by atoms with Gasteiger partial charge in [0.1, 0.15) is 12.3 Å². The lowest BCUT2D eigenvalue weighted by Crippen LogP contribution is -2.55. The number of nitrogens with one attached hydrogen (secondary N) is 2. The zero-order valence-corrected chi connectivity index (χ0v) is 37.4. The molecule has 4 rings (SSSR count). The van der Waals surface area contributed by atoms with Gasteiger partial charge in [0.25, 0.3) is 0 Å². The molecule has 2 saturated heterocycles. The number of carbonyl (C=O) groups is 5. The molecule has 1 aromatic rings. The minimum absolute atomic E-state index is 0.0411. The Hall–Kier alpha value is -3.39. The number of aryl methyl sites for hydroxylation is 1. The van der Waals surface area contributed by atoms with Gasteiger partial charge in [-0.25, -0.2) is 0 Å². The Morgan fingerprint density at radius 3 is 2.05 bits per heavy atom. The Balaban J connectivity index is 0.000000885. The molecule has 2 aliphatic heterocycles. The molecule has 3 fully saturated rings. The van der Waals surface area contributed by atoms with Crippen LogP contribution in [0.5, 0.6) is 0 Å². The Kier molecular flexibility index (Phi) is 28.8. The molecule has 0 radical (unpaired) electrons. The third kappa shape index (κ3) is 18.0. The second kappa shape index (κ2) is 30.7. The fraction of sp³-hybridized carbons (Fsp3) is 0.750. The van der Waals surface area contributed by atoms with Gasteiger partial charge in [-0.05, 0) is 64.3 Å². The molecular weight excluding hydrogens is 727 g/mol. The highest BCUT2D eigenvalue weighted by atomic mass is 16.5. The molecule has 1 aliphatic carbocycles. The van der Waals surface area contributed by atoms with Crippen LogP contribution in [0.4, 0.5) is 0 Å². The Labute approximate surface area is 345 Å². The number of aldehydes is 1. The number of likely N-dealkylation sites (N-methyl/N-ethyl adjacent to an activating group) is 2. The van der Waals surface area contributed by atoms with Crippen LogP contribution >= 0.6 is 0 Å². The van der Waals surface area contributed by atoms with Crippen molar-refractivity contribution in [3.63, 3.8) is 0 Å². The number of hydrogen-bond donors (Lipinski definition) is 3. The molecule has 9 atom stereocenters. The maximum atomic E-state index is 12.8. The molecule has 9 unspecified atom stereocenters. The highest BCUT2D eigenvalue weighted by Gasteiger charge is 2.50. The molecule has 3 aliphatic rings. The van der Waals surface area contributed by atoms with Gasteiger partial charge in [0, 0.05) is 53.2 Å². The predicted octanol–water partition coefficient (Wildman–Crippen LogP) is 4.87. The van der Waals surface area contributed by atoms with E-state index in [4.69, 9.17) is 14.6 Å². The number of piperidine rings is 1. The number of aliphatic hydroxyl groups is 1. The van der Waals surface area contributed by atoms with Crippen molar-refractivity contribution in [3.05, 3.63) is 35.9 Å². The smallest absolute Gasteiger partial charge is 0.243 e. The number of nitrogens with zero attached hydrogens (tertiary/aromatic N) is 3. The van der Waals surface area contributed by atoms with Crippen LogP contribution in [-0.4, -0.2) is 141 Å². The average molecular weight is 806 g/mol. The fourth-order valence-electron chi connectivity index (χ4n) is 7.87. The standard InChI is InChI=1S/C21H37N3O4.C10H17NO3.C7H8.C3H9NO.C3H8/c1-7-13(3)19(17(8-2)28-6)23(5)18(26)12-22-21(27)20-15-9-10-16(11-15)24(20)14(4)25;1-8(6-12)10(14-2)9-4-3-5-11(9)7-13;1-7-5-3-2-4-6-7;1-4-2-3-5;1-3-2/h13,15-17,19-20H,7-12H2,1-6H3,(H,22,27);6-10H,3-5H2,1-2H3;2-6H,1H3;4-5H,2-3H2,1H3;3H2,1-2H3. The molecule has 2 bridgehead atoms. The molecule has 3 N–H and O–H groups in total.